The standard InChI is InChI=1S/C16H22/c1-3-16-4-2-9-6-11-7-10-5-8(1)14(16)12(10)13(11)15(9)16/h8-15H,1-7H2. The molecule has 0 N–H and O–H groups in total. The maximum Gasteiger partial charge on any atom is -0.0230 e. The van der Waals surface area contributed by atoms with Crippen LogP contribution in [0.5, 0.6) is 0 Å². The minimum absolute atomic E-state index is 0.939. The summed E-state index contributed by atoms with van der Waals surface area (Å²) >= 11 is 0. The van der Waals surface area contributed by atoms with E-state index in [1.165, 1.54) is 47.3 Å². The summed E-state index contributed by atoms with van der Waals surface area (Å²) < 4.78 is 0. The van der Waals surface area contributed by atoms with Gasteiger partial charge in [-0.15, -0.1) is 0 Å². The molecule has 0 amide bonds. The molecule has 0 aromatic carbocycles. The molecule has 0 aromatic rings. The monoisotopic (exact) mass is 214 g/mol. The fourth-order valence-electron chi connectivity index (χ4n) is 8.83. The van der Waals surface area contributed by atoms with Crippen LogP contribution in [-0.4, -0.2) is 0 Å². The highest BCUT2D eigenvalue weighted by atomic mass is 14.8. The molecule has 6 aliphatic carbocycles. The largest absolute Gasteiger partial charge is 0.0496 e. The molecule has 6 saturated carbocycles. The van der Waals surface area contributed by atoms with Crippen LogP contribution in [0.25, 0.3) is 0 Å². The lowest BCUT2D eigenvalue weighted by atomic mass is 9.73. The topological polar surface area (TPSA) is 0 Å². The van der Waals surface area contributed by atoms with Gasteiger partial charge >= 0.3 is 0 Å². The molecule has 86 valence electrons. The Morgan fingerprint density at radius 2 is 1.12 bits per heavy atom. The predicted molar refractivity (Wildman–Crippen MR) is 62.7 cm³/mol. The van der Waals surface area contributed by atoms with E-state index in [-0.39, 0.29) is 0 Å². The van der Waals surface area contributed by atoms with E-state index in [1.807, 2.05) is 0 Å². The number of hydrogen-bond acceptors (Lipinski definition) is 0. The van der Waals surface area contributed by atoms with Crippen molar-refractivity contribution in [3.63, 3.8) is 0 Å². The van der Waals surface area contributed by atoms with Gasteiger partial charge in [0.05, 0.1) is 0 Å². The van der Waals surface area contributed by atoms with Crippen LogP contribution in [0.15, 0.2) is 0 Å². The summed E-state index contributed by atoms with van der Waals surface area (Å²) in [4.78, 5) is 0. The normalized spacial score (nSPS) is 76.5. The molecule has 0 bridgehead atoms. The highest BCUT2D eigenvalue weighted by Gasteiger charge is 2.76. The van der Waals surface area contributed by atoms with Crippen LogP contribution < -0.4 is 0 Å². The zero-order chi connectivity index (χ0) is 10.1. The van der Waals surface area contributed by atoms with Gasteiger partial charge in [-0.05, 0) is 97.7 Å². The van der Waals surface area contributed by atoms with E-state index in [1.54, 1.807) is 44.9 Å². The van der Waals surface area contributed by atoms with Crippen LogP contribution >= 0.6 is 0 Å². The maximum absolute atomic E-state index is 1.67. The van der Waals surface area contributed by atoms with Gasteiger partial charge in [0.1, 0.15) is 0 Å². The van der Waals surface area contributed by atoms with E-state index in [4.69, 9.17) is 0 Å². The highest BCUT2D eigenvalue weighted by molar-refractivity contribution is 5.24. The van der Waals surface area contributed by atoms with Crippen LogP contribution in [0.3, 0.4) is 0 Å². The lowest BCUT2D eigenvalue weighted by Crippen LogP contribution is -2.26. The molecular weight excluding hydrogens is 192 g/mol. The van der Waals surface area contributed by atoms with Crippen LogP contribution in [0.2, 0.25) is 0 Å². The second kappa shape index (κ2) is 2.15. The smallest absolute Gasteiger partial charge is 0.0230 e. The molecule has 8 atom stereocenters. The Morgan fingerprint density at radius 3 is 1.69 bits per heavy atom. The molecule has 6 aliphatic rings. The zero-order valence-corrected chi connectivity index (χ0v) is 10.1. The van der Waals surface area contributed by atoms with Crippen molar-refractivity contribution in [2.24, 2.45) is 52.8 Å². The average Bonchev–Trinajstić information content (AvgIpc) is 2.94. The second-order valence-electron chi connectivity index (χ2n) is 8.26. The van der Waals surface area contributed by atoms with Gasteiger partial charge in [-0.2, -0.15) is 0 Å². The van der Waals surface area contributed by atoms with Gasteiger partial charge < -0.3 is 0 Å². The molecule has 16 heavy (non-hydrogen) atoms. The first kappa shape index (κ1) is 8.16. The van der Waals surface area contributed by atoms with Gasteiger partial charge in [-0.3, -0.25) is 0 Å². The van der Waals surface area contributed by atoms with Gasteiger partial charge in [0.25, 0.3) is 0 Å². The van der Waals surface area contributed by atoms with Crippen LogP contribution in [-0.2, 0) is 0 Å². The predicted octanol–water partition coefficient (Wildman–Crippen LogP) is 3.71. The SMILES string of the molecule is C1C2CC3CCC45CCC6CC1C(C2C34)C65. The van der Waals surface area contributed by atoms with Crippen molar-refractivity contribution in [2.75, 3.05) is 0 Å². The molecule has 0 saturated heterocycles. The first-order chi connectivity index (χ1) is 7.88. The minimum Gasteiger partial charge on any atom is -0.0496 e. The van der Waals surface area contributed by atoms with Crippen molar-refractivity contribution < 1.29 is 0 Å². The molecule has 8 unspecified atom stereocenters. The summed E-state index contributed by atoms with van der Waals surface area (Å²) in [6.07, 6.45) is 11.6. The Kier molecular flexibility index (Phi) is 1.10. The van der Waals surface area contributed by atoms with E-state index in [9.17, 15) is 0 Å². The van der Waals surface area contributed by atoms with E-state index in [2.05, 4.69) is 0 Å². The summed E-state index contributed by atoms with van der Waals surface area (Å²) in [5.41, 5.74) is 0.939. The first-order valence-corrected chi connectivity index (χ1v) is 7.88. The van der Waals surface area contributed by atoms with Gasteiger partial charge in [0.15, 0.2) is 0 Å². The quantitative estimate of drug-likeness (QED) is 0.576. The molecule has 0 heteroatoms. The summed E-state index contributed by atoms with van der Waals surface area (Å²) in [5, 5.41) is 0. The molecule has 6 fully saturated rings. The van der Waals surface area contributed by atoms with Gasteiger partial charge in [0, 0.05) is 0 Å². The highest BCUT2D eigenvalue weighted by Crippen LogP contribution is 2.83. The van der Waals surface area contributed by atoms with E-state index in [0.717, 1.165) is 5.41 Å². The Morgan fingerprint density at radius 1 is 0.625 bits per heavy atom. The molecule has 0 aromatic heterocycles. The zero-order valence-electron chi connectivity index (χ0n) is 10.1. The third-order valence-corrected chi connectivity index (χ3v) is 8.48. The molecule has 1 spiro atoms. The summed E-state index contributed by atoms with van der Waals surface area (Å²) in [7, 11) is 0. The van der Waals surface area contributed by atoms with E-state index < -0.39 is 0 Å². The Hall–Kier alpha value is 0. The lowest BCUT2D eigenvalue weighted by Gasteiger charge is -2.31. The first-order valence-electron chi connectivity index (χ1n) is 7.88. The fraction of sp³-hybridized carbons (Fsp3) is 1.00. The van der Waals surface area contributed by atoms with Crippen molar-refractivity contribution in [3.05, 3.63) is 0 Å². The molecular formula is C16H22. The Labute approximate surface area is 98.2 Å². The number of rotatable bonds is 0. The molecule has 0 heterocycles. The minimum atomic E-state index is 0.939. The molecule has 0 nitrogen and oxygen atoms in total. The second-order valence-corrected chi connectivity index (χ2v) is 8.26. The fourth-order valence-corrected chi connectivity index (χ4v) is 8.83. The molecule has 0 radical (unpaired) electrons. The third-order valence-electron chi connectivity index (χ3n) is 8.48. The summed E-state index contributed by atoms with van der Waals surface area (Å²) in [5.74, 6) is 9.87. The van der Waals surface area contributed by atoms with Crippen molar-refractivity contribution in [1.82, 2.24) is 0 Å². The third kappa shape index (κ3) is 0.578. The van der Waals surface area contributed by atoms with Crippen molar-refractivity contribution in [1.29, 1.82) is 0 Å². The Balaban J connectivity index is 1.65. The van der Waals surface area contributed by atoms with Crippen LogP contribution in [0.4, 0.5) is 0 Å². The molecule has 0 aliphatic heterocycles. The van der Waals surface area contributed by atoms with E-state index >= 15 is 0 Å². The van der Waals surface area contributed by atoms with Crippen LogP contribution in [0.1, 0.15) is 44.9 Å². The van der Waals surface area contributed by atoms with Crippen molar-refractivity contribution in [2.45, 2.75) is 44.9 Å². The maximum atomic E-state index is 1.67. The number of hydrogen-bond donors (Lipinski definition) is 0. The summed E-state index contributed by atoms with van der Waals surface area (Å²) in [6.45, 7) is 0. The Bertz CT molecular complexity index is 341. The van der Waals surface area contributed by atoms with Gasteiger partial charge in [-0.1, -0.05) is 0 Å². The van der Waals surface area contributed by atoms with Gasteiger partial charge in [0.2, 0.25) is 0 Å². The van der Waals surface area contributed by atoms with Gasteiger partial charge in [-0.25, -0.2) is 0 Å². The lowest BCUT2D eigenvalue weighted by molar-refractivity contribution is 0.161. The summed E-state index contributed by atoms with van der Waals surface area (Å²) in [6, 6.07) is 0. The molecule has 6 rings (SSSR count). The van der Waals surface area contributed by atoms with Crippen LogP contribution in [0, 0.1) is 52.8 Å². The van der Waals surface area contributed by atoms with Crippen molar-refractivity contribution >= 4 is 0 Å². The average molecular weight is 214 g/mol. The van der Waals surface area contributed by atoms with E-state index in [0.29, 0.717) is 0 Å². The van der Waals surface area contributed by atoms with Crippen molar-refractivity contribution in [3.8, 4) is 0 Å².